The Morgan fingerprint density at radius 3 is 3.05 bits per heavy atom. The van der Waals surface area contributed by atoms with E-state index in [0.29, 0.717) is 18.0 Å². The lowest BCUT2D eigenvalue weighted by Gasteiger charge is -2.18. The van der Waals surface area contributed by atoms with Crippen LogP contribution in [0.15, 0.2) is 45.7 Å². The lowest BCUT2D eigenvalue weighted by Crippen LogP contribution is -2.23. The summed E-state index contributed by atoms with van der Waals surface area (Å²) in [6.45, 7) is 3.42. The predicted octanol–water partition coefficient (Wildman–Crippen LogP) is 2.16. The number of nitrogens with zero attached hydrogens (tertiary/aromatic N) is 3. The highest BCUT2D eigenvalue weighted by atomic mass is 16.5. The number of rotatable bonds is 2. The number of para-hydroxylation sites is 1. The van der Waals surface area contributed by atoms with Crippen molar-refractivity contribution in [3.63, 3.8) is 0 Å². The van der Waals surface area contributed by atoms with Gasteiger partial charge in [-0.15, -0.1) is 4.57 Å². The molecule has 0 saturated carbocycles. The first-order valence-corrected chi connectivity index (χ1v) is 7.03. The van der Waals surface area contributed by atoms with E-state index in [1.807, 2.05) is 13.0 Å². The summed E-state index contributed by atoms with van der Waals surface area (Å²) in [6.07, 6.45) is 1.04. The minimum Gasteiger partial charge on any atom is -0.375 e. The predicted molar refractivity (Wildman–Crippen MR) is 79.7 cm³/mol. The summed E-state index contributed by atoms with van der Waals surface area (Å²) >= 11 is 0. The Kier molecular flexibility index (Phi) is 2.60. The molecule has 0 unspecified atom stereocenters. The second-order valence-corrected chi connectivity index (χ2v) is 5.38. The Balaban J connectivity index is 1.71. The van der Waals surface area contributed by atoms with Crippen LogP contribution < -0.4 is 10.5 Å². The van der Waals surface area contributed by atoms with E-state index in [9.17, 15) is 4.79 Å². The zero-order valence-electron chi connectivity index (χ0n) is 11.7. The van der Waals surface area contributed by atoms with Gasteiger partial charge < -0.3 is 9.42 Å². The van der Waals surface area contributed by atoms with E-state index in [-0.39, 0.29) is 5.56 Å². The van der Waals surface area contributed by atoms with Crippen LogP contribution in [0, 0.1) is 6.92 Å². The maximum Gasteiger partial charge on any atom is 0.287 e. The number of anilines is 1. The molecule has 5 nitrogen and oxygen atoms in total. The van der Waals surface area contributed by atoms with Gasteiger partial charge in [0, 0.05) is 24.4 Å². The Morgan fingerprint density at radius 2 is 2.14 bits per heavy atom. The Bertz CT molecular complexity index is 879. The van der Waals surface area contributed by atoms with E-state index in [1.165, 1.54) is 15.8 Å². The van der Waals surface area contributed by atoms with Crippen LogP contribution in [-0.2, 0) is 13.0 Å². The van der Waals surface area contributed by atoms with Gasteiger partial charge in [-0.05, 0) is 25.0 Å². The van der Waals surface area contributed by atoms with Gasteiger partial charge in [0.25, 0.3) is 5.56 Å². The first kappa shape index (κ1) is 12.2. The molecule has 0 aliphatic carbocycles. The van der Waals surface area contributed by atoms with Crippen molar-refractivity contribution < 1.29 is 4.52 Å². The summed E-state index contributed by atoms with van der Waals surface area (Å²) in [6, 6.07) is 11.7. The summed E-state index contributed by atoms with van der Waals surface area (Å²) in [7, 11) is 0. The van der Waals surface area contributed by atoms with Crippen molar-refractivity contribution in [1.29, 1.82) is 0 Å². The van der Waals surface area contributed by atoms with Crippen LogP contribution >= 0.6 is 0 Å². The number of aryl methyl sites for hydroxylation is 1. The molecule has 0 bridgehead atoms. The minimum atomic E-state index is -0.171. The highest BCUT2D eigenvalue weighted by Gasteiger charge is 2.19. The van der Waals surface area contributed by atoms with E-state index in [0.717, 1.165) is 18.7 Å². The highest BCUT2D eigenvalue weighted by molar-refractivity contribution is 5.58. The average molecular weight is 281 g/mol. The van der Waals surface area contributed by atoms with Gasteiger partial charge in [-0.1, -0.05) is 18.2 Å². The van der Waals surface area contributed by atoms with Gasteiger partial charge in [0.15, 0.2) is 5.65 Å². The molecule has 0 radical (unpaired) electrons. The van der Waals surface area contributed by atoms with E-state index in [4.69, 9.17) is 4.52 Å². The van der Waals surface area contributed by atoms with E-state index >= 15 is 0 Å². The van der Waals surface area contributed by atoms with Gasteiger partial charge in [-0.2, -0.15) is 0 Å². The molecule has 3 aromatic rings. The summed E-state index contributed by atoms with van der Waals surface area (Å²) in [4.78, 5) is 18.8. The van der Waals surface area contributed by atoms with Gasteiger partial charge in [0.05, 0.1) is 12.2 Å². The molecule has 0 N–H and O–H groups in total. The molecule has 0 saturated heterocycles. The Hall–Kier alpha value is -2.56. The van der Waals surface area contributed by atoms with Crippen LogP contribution in [0.25, 0.3) is 5.65 Å². The number of aromatic nitrogens is 2. The van der Waals surface area contributed by atoms with Crippen molar-refractivity contribution in [3.8, 4) is 0 Å². The molecule has 1 aliphatic rings. The van der Waals surface area contributed by atoms with Gasteiger partial charge in [-0.3, -0.25) is 4.79 Å². The number of benzene rings is 1. The molecule has 0 amide bonds. The number of hydrogen-bond acceptors (Lipinski definition) is 4. The Morgan fingerprint density at radius 1 is 1.29 bits per heavy atom. The summed E-state index contributed by atoms with van der Waals surface area (Å²) in [5, 5.41) is 0. The standard InChI is InChI=1S/C16H15N3O2/c1-11-8-15-17-13(9-16(20)19(15)21-11)10-18-7-6-12-4-2-3-5-14(12)18/h2-5,8-9H,6-7,10H2,1H3. The molecule has 5 heteroatoms. The van der Waals surface area contributed by atoms with Crippen molar-refractivity contribution in [2.75, 3.05) is 11.4 Å². The quantitative estimate of drug-likeness (QED) is 0.722. The fourth-order valence-corrected chi connectivity index (χ4v) is 2.92. The van der Waals surface area contributed by atoms with Crippen LogP contribution in [0.5, 0.6) is 0 Å². The fourth-order valence-electron chi connectivity index (χ4n) is 2.92. The van der Waals surface area contributed by atoms with Gasteiger partial charge in [0.1, 0.15) is 5.76 Å². The summed E-state index contributed by atoms with van der Waals surface area (Å²) < 4.78 is 6.54. The average Bonchev–Trinajstić information content (AvgIpc) is 3.03. The highest BCUT2D eigenvalue weighted by Crippen LogP contribution is 2.28. The second-order valence-electron chi connectivity index (χ2n) is 5.38. The van der Waals surface area contributed by atoms with E-state index in [2.05, 4.69) is 28.1 Å². The van der Waals surface area contributed by atoms with Crippen LogP contribution in [-0.4, -0.2) is 16.1 Å². The summed E-state index contributed by atoms with van der Waals surface area (Å²) in [5.74, 6) is 0.684. The van der Waals surface area contributed by atoms with Crippen molar-refractivity contribution in [1.82, 2.24) is 9.56 Å². The third-order valence-electron chi connectivity index (χ3n) is 3.86. The molecule has 0 fully saturated rings. The third kappa shape index (κ3) is 2.01. The van der Waals surface area contributed by atoms with Crippen molar-refractivity contribution in [2.45, 2.75) is 19.9 Å². The molecule has 3 heterocycles. The zero-order chi connectivity index (χ0) is 14.4. The molecule has 0 spiro atoms. The monoisotopic (exact) mass is 281 g/mol. The topological polar surface area (TPSA) is 50.8 Å². The first-order chi connectivity index (χ1) is 10.2. The lowest BCUT2D eigenvalue weighted by molar-refractivity contribution is 0.344. The molecule has 4 rings (SSSR count). The van der Waals surface area contributed by atoms with Crippen molar-refractivity contribution in [2.24, 2.45) is 0 Å². The van der Waals surface area contributed by atoms with Crippen LogP contribution in [0.1, 0.15) is 17.0 Å². The second kappa shape index (κ2) is 4.48. The maximum absolute atomic E-state index is 12.0. The molecular formula is C16H15N3O2. The van der Waals surface area contributed by atoms with Crippen molar-refractivity contribution in [3.05, 3.63) is 63.8 Å². The molecular weight excluding hydrogens is 266 g/mol. The molecule has 1 aliphatic heterocycles. The van der Waals surface area contributed by atoms with Crippen LogP contribution in [0.2, 0.25) is 0 Å². The molecule has 0 atom stereocenters. The minimum absolute atomic E-state index is 0.171. The van der Waals surface area contributed by atoms with Gasteiger partial charge >= 0.3 is 0 Å². The van der Waals surface area contributed by atoms with Crippen LogP contribution in [0.3, 0.4) is 0 Å². The third-order valence-corrected chi connectivity index (χ3v) is 3.86. The first-order valence-electron chi connectivity index (χ1n) is 7.03. The number of fused-ring (bicyclic) bond motifs is 2. The fraction of sp³-hybridized carbons (Fsp3) is 0.250. The van der Waals surface area contributed by atoms with Crippen LogP contribution in [0.4, 0.5) is 5.69 Å². The maximum atomic E-state index is 12.0. The van der Waals surface area contributed by atoms with Gasteiger partial charge in [-0.25, -0.2) is 4.98 Å². The molecule has 2 aromatic heterocycles. The smallest absolute Gasteiger partial charge is 0.287 e. The summed E-state index contributed by atoms with van der Waals surface area (Å²) in [5.41, 5.74) is 3.77. The Labute approximate surface area is 121 Å². The van der Waals surface area contributed by atoms with E-state index in [1.54, 1.807) is 12.1 Å². The SMILES string of the molecule is Cc1cc2nc(CN3CCc4ccccc43)cc(=O)n2o1. The normalized spacial score (nSPS) is 13.9. The molecule has 1 aromatic carbocycles. The van der Waals surface area contributed by atoms with Crippen molar-refractivity contribution >= 4 is 11.3 Å². The zero-order valence-corrected chi connectivity index (χ0v) is 11.7. The largest absolute Gasteiger partial charge is 0.375 e. The molecule has 21 heavy (non-hydrogen) atoms. The number of hydrogen-bond donors (Lipinski definition) is 0. The van der Waals surface area contributed by atoms with E-state index < -0.39 is 0 Å². The van der Waals surface area contributed by atoms with Gasteiger partial charge in [0.2, 0.25) is 0 Å². The lowest BCUT2D eigenvalue weighted by atomic mass is 10.2. The molecule has 106 valence electrons.